The van der Waals surface area contributed by atoms with Gasteiger partial charge in [-0.05, 0) is 44.2 Å². The van der Waals surface area contributed by atoms with E-state index >= 15 is 0 Å². The minimum absolute atomic E-state index is 0.295. The van der Waals surface area contributed by atoms with Crippen molar-refractivity contribution < 1.29 is 9.47 Å². The summed E-state index contributed by atoms with van der Waals surface area (Å²) in [6.07, 6.45) is 3.82. The molecule has 2 heterocycles. The van der Waals surface area contributed by atoms with Gasteiger partial charge in [0, 0.05) is 36.9 Å². The van der Waals surface area contributed by atoms with Crippen molar-refractivity contribution in [3.05, 3.63) is 30.3 Å². The number of hydrogen-bond donors (Lipinski definition) is 1. The van der Waals surface area contributed by atoms with Crippen molar-refractivity contribution >= 4 is 17.7 Å². The number of thioether (sulfide) groups is 1. The Morgan fingerprint density at radius 1 is 1.33 bits per heavy atom. The van der Waals surface area contributed by atoms with E-state index in [0.717, 1.165) is 51.0 Å². The monoisotopic (exact) mass is 391 g/mol. The molecule has 150 valence electrons. The predicted molar refractivity (Wildman–Crippen MR) is 113 cm³/mol. The second-order valence-electron chi connectivity index (χ2n) is 7.17. The molecule has 0 bridgehead atoms. The molecule has 2 unspecified atom stereocenters. The third-order valence-electron chi connectivity index (χ3n) is 4.97. The number of rotatable bonds is 9. The zero-order valence-electron chi connectivity index (χ0n) is 16.4. The van der Waals surface area contributed by atoms with Crippen LogP contribution in [-0.2, 0) is 9.47 Å². The van der Waals surface area contributed by atoms with Gasteiger partial charge in [-0.1, -0.05) is 18.2 Å². The lowest BCUT2D eigenvalue weighted by Gasteiger charge is -2.21. The summed E-state index contributed by atoms with van der Waals surface area (Å²) in [6, 6.07) is 10.7. The standard InChI is InChI=1S/C21H33N3O2S/c1-2-22-21(23-11-14-25-16-19-7-6-13-26-19)24-12-10-18(15-24)17-27-20-8-4-3-5-9-20/h3-5,8-9,18-19H,2,6-7,10-17H2,1H3,(H,22,23). The second-order valence-corrected chi connectivity index (χ2v) is 8.26. The van der Waals surface area contributed by atoms with Gasteiger partial charge in [-0.2, -0.15) is 0 Å². The van der Waals surface area contributed by atoms with Crippen LogP contribution in [0.1, 0.15) is 26.2 Å². The van der Waals surface area contributed by atoms with E-state index in [2.05, 4.69) is 47.5 Å². The summed E-state index contributed by atoms with van der Waals surface area (Å²) in [5, 5.41) is 3.44. The first-order valence-electron chi connectivity index (χ1n) is 10.3. The maximum absolute atomic E-state index is 5.74. The van der Waals surface area contributed by atoms with E-state index in [0.29, 0.717) is 25.9 Å². The summed E-state index contributed by atoms with van der Waals surface area (Å²) in [6.45, 7) is 8.15. The Kier molecular flexibility index (Phi) is 8.78. The highest BCUT2D eigenvalue weighted by molar-refractivity contribution is 7.99. The molecule has 3 rings (SSSR count). The van der Waals surface area contributed by atoms with E-state index in [9.17, 15) is 0 Å². The molecule has 0 spiro atoms. The molecule has 0 aliphatic carbocycles. The average Bonchev–Trinajstić information content (AvgIpc) is 3.38. The molecule has 1 aromatic rings. The van der Waals surface area contributed by atoms with Gasteiger partial charge in [0.05, 0.1) is 25.9 Å². The molecule has 6 heteroatoms. The molecule has 2 atom stereocenters. The quantitative estimate of drug-likeness (QED) is 0.303. The molecule has 5 nitrogen and oxygen atoms in total. The van der Waals surface area contributed by atoms with Crippen molar-refractivity contribution in [3.8, 4) is 0 Å². The molecule has 2 aliphatic heterocycles. The zero-order valence-corrected chi connectivity index (χ0v) is 17.3. The molecular formula is C21H33N3O2S. The van der Waals surface area contributed by atoms with Crippen molar-refractivity contribution in [1.82, 2.24) is 10.2 Å². The number of guanidine groups is 1. The molecule has 0 amide bonds. The molecule has 1 N–H and O–H groups in total. The van der Waals surface area contributed by atoms with Crippen molar-refractivity contribution in [1.29, 1.82) is 0 Å². The van der Waals surface area contributed by atoms with Gasteiger partial charge in [-0.15, -0.1) is 11.8 Å². The van der Waals surface area contributed by atoms with Gasteiger partial charge in [-0.25, -0.2) is 0 Å². The zero-order chi connectivity index (χ0) is 18.7. The highest BCUT2D eigenvalue weighted by Gasteiger charge is 2.24. The number of benzene rings is 1. The average molecular weight is 392 g/mol. The number of nitrogens with zero attached hydrogens (tertiary/aromatic N) is 2. The lowest BCUT2D eigenvalue weighted by molar-refractivity contribution is 0.0199. The number of likely N-dealkylation sites (tertiary alicyclic amines) is 1. The number of ether oxygens (including phenoxy) is 2. The van der Waals surface area contributed by atoms with Gasteiger partial charge in [0.1, 0.15) is 0 Å². The van der Waals surface area contributed by atoms with Crippen LogP contribution in [0.4, 0.5) is 0 Å². The second kappa shape index (κ2) is 11.6. The van der Waals surface area contributed by atoms with Crippen molar-refractivity contribution in [2.24, 2.45) is 10.9 Å². The lowest BCUT2D eigenvalue weighted by atomic mass is 10.2. The van der Waals surface area contributed by atoms with E-state index < -0.39 is 0 Å². The van der Waals surface area contributed by atoms with Gasteiger partial charge >= 0.3 is 0 Å². The first kappa shape index (κ1) is 20.5. The molecule has 27 heavy (non-hydrogen) atoms. The topological polar surface area (TPSA) is 46.1 Å². The Hall–Kier alpha value is -1.24. The number of hydrogen-bond acceptors (Lipinski definition) is 4. The van der Waals surface area contributed by atoms with Crippen LogP contribution in [-0.4, -0.2) is 68.7 Å². The predicted octanol–water partition coefficient (Wildman–Crippen LogP) is 3.26. The highest BCUT2D eigenvalue weighted by Crippen LogP contribution is 2.25. The molecule has 2 saturated heterocycles. The molecule has 2 aliphatic rings. The highest BCUT2D eigenvalue weighted by atomic mass is 32.2. The minimum Gasteiger partial charge on any atom is -0.377 e. The summed E-state index contributed by atoms with van der Waals surface area (Å²) < 4.78 is 11.3. The summed E-state index contributed by atoms with van der Waals surface area (Å²) >= 11 is 1.96. The molecule has 0 saturated carbocycles. The minimum atomic E-state index is 0.295. The Labute approximate surface area is 167 Å². The van der Waals surface area contributed by atoms with Crippen LogP contribution in [0.25, 0.3) is 0 Å². The van der Waals surface area contributed by atoms with E-state index in [1.165, 1.54) is 17.1 Å². The van der Waals surface area contributed by atoms with E-state index in [1.54, 1.807) is 0 Å². The fourth-order valence-electron chi connectivity index (χ4n) is 3.52. The first-order chi connectivity index (χ1) is 13.3. The smallest absolute Gasteiger partial charge is 0.194 e. The van der Waals surface area contributed by atoms with Gasteiger partial charge in [0.2, 0.25) is 0 Å². The SMILES string of the molecule is CCNC(=NCCOCC1CCCO1)N1CCC(CSc2ccccc2)C1. The van der Waals surface area contributed by atoms with Crippen LogP contribution in [0, 0.1) is 5.92 Å². The van der Waals surface area contributed by atoms with Gasteiger partial charge in [0.25, 0.3) is 0 Å². The maximum Gasteiger partial charge on any atom is 0.194 e. The maximum atomic E-state index is 5.74. The van der Waals surface area contributed by atoms with E-state index in [-0.39, 0.29) is 0 Å². The Morgan fingerprint density at radius 3 is 3.00 bits per heavy atom. The summed E-state index contributed by atoms with van der Waals surface area (Å²) in [5.74, 6) is 2.92. The van der Waals surface area contributed by atoms with Gasteiger partial charge < -0.3 is 19.7 Å². The van der Waals surface area contributed by atoms with E-state index in [4.69, 9.17) is 14.5 Å². The van der Waals surface area contributed by atoms with Crippen LogP contribution >= 0.6 is 11.8 Å². The molecule has 0 radical (unpaired) electrons. The van der Waals surface area contributed by atoms with E-state index in [1.807, 2.05) is 11.8 Å². The van der Waals surface area contributed by atoms with Gasteiger partial charge in [0.15, 0.2) is 5.96 Å². The molecule has 2 fully saturated rings. The van der Waals surface area contributed by atoms with Crippen LogP contribution in [0.3, 0.4) is 0 Å². The van der Waals surface area contributed by atoms with Crippen molar-refractivity contribution in [2.75, 3.05) is 51.8 Å². The number of nitrogens with one attached hydrogen (secondary N) is 1. The van der Waals surface area contributed by atoms with Crippen LogP contribution in [0.15, 0.2) is 40.2 Å². The summed E-state index contributed by atoms with van der Waals surface area (Å²) in [5.41, 5.74) is 0. The molecular weight excluding hydrogens is 358 g/mol. The van der Waals surface area contributed by atoms with Crippen molar-refractivity contribution in [2.45, 2.75) is 37.2 Å². The third-order valence-corrected chi connectivity index (χ3v) is 6.22. The number of aliphatic imine (C=N–C) groups is 1. The van der Waals surface area contributed by atoms with Crippen LogP contribution in [0.2, 0.25) is 0 Å². The summed E-state index contributed by atoms with van der Waals surface area (Å²) in [4.78, 5) is 8.53. The molecule has 1 aromatic carbocycles. The first-order valence-corrected chi connectivity index (χ1v) is 11.2. The fourth-order valence-corrected chi connectivity index (χ4v) is 4.57. The van der Waals surface area contributed by atoms with Crippen molar-refractivity contribution in [3.63, 3.8) is 0 Å². The summed E-state index contributed by atoms with van der Waals surface area (Å²) in [7, 11) is 0. The Bertz CT molecular complexity index is 564. The Morgan fingerprint density at radius 2 is 2.22 bits per heavy atom. The van der Waals surface area contributed by atoms with Gasteiger partial charge in [-0.3, -0.25) is 4.99 Å². The molecule has 0 aromatic heterocycles. The largest absolute Gasteiger partial charge is 0.377 e. The Balaban J connectivity index is 1.38. The van der Waals surface area contributed by atoms with Crippen LogP contribution in [0.5, 0.6) is 0 Å². The van der Waals surface area contributed by atoms with Crippen LogP contribution < -0.4 is 5.32 Å². The lowest BCUT2D eigenvalue weighted by Crippen LogP contribution is -2.40. The normalized spacial score (nSPS) is 23.1. The fraction of sp³-hybridized carbons (Fsp3) is 0.667. The third kappa shape index (κ3) is 7.01.